The van der Waals surface area contributed by atoms with Crippen LogP contribution >= 0.6 is 0 Å². The number of piperazine rings is 1. The molecule has 3 atom stereocenters. The van der Waals surface area contributed by atoms with Gasteiger partial charge in [0.15, 0.2) is 0 Å². The molecule has 0 bridgehead atoms. The fraction of sp³-hybridized carbons (Fsp3) is 0.348. The number of hydrogen-bond donors (Lipinski definition) is 1. The van der Waals surface area contributed by atoms with Gasteiger partial charge >= 0.3 is 0 Å². The topological polar surface area (TPSA) is 43.8 Å². The fourth-order valence-corrected chi connectivity index (χ4v) is 4.55. The summed E-state index contributed by atoms with van der Waals surface area (Å²) >= 11 is 0. The van der Waals surface area contributed by atoms with Crippen molar-refractivity contribution in [1.82, 2.24) is 9.80 Å². The molecule has 2 heterocycles. The van der Waals surface area contributed by atoms with E-state index in [0.29, 0.717) is 6.54 Å². The van der Waals surface area contributed by atoms with Gasteiger partial charge in [0.25, 0.3) is 0 Å². The third kappa shape index (κ3) is 3.43. The van der Waals surface area contributed by atoms with E-state index in [2.05, 4.69) is 47.4 Å². The summed E-state index contributed by atoms with van der Waals surface area (Å²) in [5.74, 6) is 0.320. The van der Waals surface area contributed by atoms with Gasteiger partial charge in [0.2, 0.25) is 5.91 Å². The molecule has 2 fully saturated rings. The summed E-state index contributed by atoms with van der Waals surface area (Å²) in [5.41, 5.74) is 3.60. The second-order valence-corrected chi connectivity index (χ2v) is 7.47. The number of hydrogen-bond acceptors (Lipinski definition) is 3. The van der Waals surface area contributed by atoms with Gasteiger partial charge in [-0.3, -0.25) is 9.69 Å². The van der Waals surface area contributed by atoms with Crippen LogP contribution in [0.1, 0.15) is 29.5 Å². The van der Waals surface area contributed by atoms with Gasteiger partial charge in [-0.05, 0) is 23.6 Å². The highest BCUT2D eigenvalue weighted by Gasteiger charge is 2.53. The zero-order chi connectivity index (χ0) is 18.8. The van der Waals surface area contributed by atoms with Crippen molar-refractivity contribution in [1.29, 1.82) is 0 Å². The Labute approximate surface area is 160 Å². The first-order chi connectivity index (χ1) is 13.2. The van der Waals surface area contributed by atoms with Crippen LogP contribution in [0.25, 0.3) is 6.08 Å². The molecule has 1 amide bonds. The predicted molar refractivity (Wildman–Crippen MR) is 107 cm³/mol. The van der Waals surface area contributed by atoms with Crippen LogP contribution in [0.2, 0.25) is 0 Å². The van der Waals surface area contributed by atoms with Crippen molar-refractivity contribution in [3.8, 4) is 0 Å². The second-order valence-electron chi connectivity index (χ2n) is 7.47. The smallest absolute Gasteiger partial charge is 0.237 e. The number of aliphatic hydroxyl groups is 1. The third-order valence-electron chi connectivity index (χ3n) is 5.75. The Morgan fingerprint density at radius 2 is 1.85 bits per heavy atom. The van der Waals surface area contributed by atoms with Crippen LogP contribution in [-0.2, 0) is 11.3 Å². The molecule has 0 aliphatic carbocycles. The largest absolute Gasteiger partial charge is 0.394 e. The molecule has 0 radical (unpaired) electrons. The number of allylic oxidation sites excluding steroid dienone is 1. The molecule has 2 aliphatic heterocycles. The summed E-state index contributed by atoms with van der Waals surface area (Å²) in [6.07, 6.45) is 4.10. The van der Waals surface area contributed by atoms with Crippen molar-refractivity contribution < 1.29 is 9.90 Å². The number of nitrogens with zero attached hydrogens (tertiary/aromatic N) is 2. The zero-order valence-electron chi connectivity index (χ0n) is 15.7. The van der Waals surface area contributed by atoms with Crippen molar-refractivity contribution in [3.63, 3.8) is 0 Å². The van der Waals surface area contributed by atoms with E-state index < -0.39 is 0 Å². The molecule has 0 spiro atoms. The van der Waals surface area contributed by atoms with Gasteiger partial charge in [-0.1, -0.05) is 66.7 Å². The number of benzene rings is 2. The molecule has 2 aromatic carbocycles. The highest BCUT2D eigenvalue weighted by molar-refractivity contribution is 5.81. The number of rotatable bonds is 5. The van der Waals surface area contributed by atoms with Crippen LogP contribution in [0.5, 0.6) is 0 Å². The number of carbonyl (C=O) groups excluding carboxylic acids is 1. The molecule has 27 heavy (non-hydrogen) atoms. The van der Waals surface area contributed by atoms with E-state index in [9.17, 15) is 9.90 Å². The first kappa shape index (κ1) is 18.0. The molecular weight excluding hydrogens is 336 g/mol. The molecule has 2 aliphatic rings. The molecule has 0 aromatic heterocycles. The van der Waals surface area contributed by atoms with Crippen molar-refractivity contribution in [2.45, 2.75) is 31.5 Å². The van der Waals surface area contributed by atoms with Gasteiger partial charge in [0, 0.05) is 19.0 Å². The standard InChI is InChI=1S/C23H26N2O2/c1-2-6-17-9-11-19(12-10-17)23-20-14-24(13-18-7-4-3-5-8-18)15-22(27)25(20)21(23)16-26/h2-12,20-21,23,26H,13-16H2,1H3/t20-,21+,23+/m1/s1. The number of fused-ring (bicyclic) bond motifs is 1. The Morgan fingerprint density at radius 1 is 1.11 bits per heavy atom. The number of carbonyl (C=O) groups is 1. The van der Waals surface area contributed by atoms with E-state index in [1.165, 1.54) is 16.7 Å². The van der Waals surface area contributed by atoms with Crippen LogP contribution in [0.4, 0.5) is 0 Å². The summed E-state index contributed by atoms with van der Waals surface area (Å²) in [5, 5.41) is 9.90. The molecule has 4 rings (SSSR count). The van der Waals surface area contributed by atoms with Crippen LogP contribution < -0.4 is 0 Å². The maximum atomic E-state index is 12.7. The lowest BCUT2D eigenvalue weighted by Crippen LogP contribution is -2.72. The lowest BCUT2D eigenvalue weighted by molar-refractivity contribution is -0.162. The molecule has 2 saturated heterocycles. The maximum Gasteiger partial charge on any atom is 0.237 e. The first-order valence-corrected chi connectivity index (χ1v) is 9.62. The highest BCUT2D eigenvalue weighted by atomic mass is 16.3. The zero-order valence-corrected chi connectivity index (χ0v) is 15.7. The SMILES string of the molecule is CC=Cc1ccc([C@H]2[C@H]3CN(Cc4ccccc4)CC(=O)N3[C@H]2CO)cc1. The summed E-state index contributed by atoms with van der Waals surface area (Å²) in [6.45, 7) is 4.08. The van der Waals surface area contributed by atoms with Gasteiger partial charge in [-0.25, -0.2) is 0 Å². The summed E-state index contributed by atoms with van der Waals surface area (Å²) < 4.78 is 0. The van der Waals surface area contributed by atoms with Gasteiger partial charge in [0.1, 0.15) is 0 Å². The minimum absolute atomic E-state index is 0.0161. The highest BCUT2D eigenvalue weighted by Crippen LogP contribution is 2.43. The van der Waals surface area contributed by atoms with Crippen molar-refractivity contribution in [3.05, 3.63) is 77.4 Å². The van der Waals surface area contributed by atoms with Gasteiger partial charge in [0.05, 0.1) is 25.2 Å². The van der Waals surface area contributed by atoms with Crippen molar-refractivity contribution >= 4 is 12.0 Å². The van der Waals surface area contributed by atoms with E-state index in [1.807, 2.05) is 36.1 Å². The van der Waals surface area contributed by atoms with Gasteiger partial charge < -0.3 is 10.0 Å². The van der Waals surface area contributed by atoms with Crippen LogP contribution in [0, 0.1) is 0 Å². The van der Waals surface area contributed by atoms with E-state index in [4.69, 9.17) is 0 Å². The van der Waals surface area contributed by atoms with E-state index in [0.717, 1.165) is 13.1 Å². The molecule has 2 aromatic rings. The normalized spacial score (nSPS) is 25.5. The Balaban J connectivity index is 1.53. The Bertz CT molecular complexity index is 816. The lowest BCUT2D eigenvalue weighted by atomic mass is 9.73. The molecular formula is C23H26N2O2. The third-order valence-corrected chi connectivity index (χ3v) is 5.75. The summed E-state index contributed by atoms with van der Waals surface area (Å²) in [7, 11) is 0. The maximum absolute atomic E-state index is 12.7. The first-order valence-electron chi connectivity index (χ1n) is 9.62. The lowest BCUT2D eigenvalue weighted by Gasteiger charge is -2.59. The van der Waals surface area contributed by atoms with Gasteiger partial charge in [-0.15, -0.1) is 0 Å². The van der Waals surface area contributed by atoms with E-state index >= 15 is 0 Å². The minimum Gasteiger partial charge on any atom is -0.394 e. The average Bonchev–Trinajstić information content (AvgIpc) is 2.66. The predicted octanol–water partition coefficient (Wildman–Crippen LogP) is 2.89. The fourth-order valence-electron chi connectivity index (χ4n) is 4.55. The second kappa shape index (κ2) is 7.67. The monoisotopic (exact) mass is 362 g/mol. The summed E-state index contributed by atoms with van der Waals surface area (Å²) in [6, 6.07) is 18.8. The molecule has 140 valence electrons. The molecule has 0 unspecified atom stereocenters. The van der Waals surface area contributed by atoms with Gasteiger partial charge in [-0.2, -0.15) is 0 Å². The van der Waals surface area contributed by atoms with Crippen LogP contribution in [0.3, 0.4) is 0 Å². The van der Waals surface area contributed by atoms with Crippen molar-refractivity contribution in [2.75, 3.05) is 19.7 Å². The van der Waals surface area contributed by atoms with Crippen LogP contribution in [0.15, 0.2) is 60.7 Å². The van der Waals surface area contributed by atoms with Crippen LogP contribution in [-0.4, -0.2) is 52.6 Å². The van der Waals surface area contributed by atoms with E-state index in [-0.39, 0.29) is 30.5 Å². The Hall–Kier alpha value is -2.43. The molecule has 0 saturated carbocycles. The van der Waals surface area contributed by atoms with E-state index in [1.54, 1.807) is 0 Å². The minimum atomic E-state index is -0.103. The molecule has 1 N–H and O–H groups in total. The van der Waals surface area contributed by atoms with Crippen molar-refractivity contribution in [2.24, 2.45) is 0 Å². The molecule has 4 heteroatoms. The number of amides is 1. The number of aliphatic hydroxyl groups excluding tert-OH is 1. The quantitative estimate of drug-likeness (QED) is 0.889. The Kier molecular flexibility index (Phi) is 5.10. The average molecular weight is 362 g/mol. The Morgan fingerprint density at radius 3 is 2.52 bits per heavy atom. The summed E-state index contributed by atoms with van der Waals surface area (Å²) in [4.78, 5) is 16.8. The molecule has 4 nitrogen and oxygen atoms in total.